The van der Waals surface area contributed by atoms with Crippen molar-refractivity contribution < 1.29 is 19.7 Å². The summed E-state index contributed by atoms with van der Waals surface area (Å²) in [5.41, 5.74) is 4.68. The van der Waals surface area contributed by atoms with Crippen LogP contribution < -0.4 is 9.47 Å². The van der Waals surface area contributed by atoms with Gasteiger partial charge < -0.3 is 29.5 Å². The maximum absolute atomic E-state index is 9.70. The van der Waals surface area contributed by atoms with Crippen LogP contribution in [0.3, 0.4) is 0 Å². The summed E-state index contributed by atoms with van der Waals surface area (Å²) in [5.74, 6) is 1.88. The molecule has 2 saturated heterocycles. The molecule has 1 atom stereocenters. The molecule has 0 aliphatic carbocycles. The Morgan fingerprint density at radius 2 is 1.24 bits per heavy atom. The quantitative estimate of drug-likeness (QED) is 0.401. The molecule has 7 heteroatoms. The van der Waals surface area contributed by atoms with Crippen LogP contribution in [0.4, 0.5) is 0 Å². The van der Waals surface area contributed by atoms with Crippen LogP contribution in [0.25, 0.3) is 11.1 Å². The van der Waals surface area contributed by atoms with E-state index in [4.69, 9.17) is 14.6 Å². The first-order valence-electron chi connectivity index (χ1n) is 14.0. The van der Waals surface area contributed by atoms with Crippen molar-refractivity contribution in [3.8, 4) is 22.6 Å². The van der Waals surface area contributed by atoms with Crippen LogP contribution >= 0.6 is 0 Å². The molecule has 0 radical (unpaired) electrons. The van der Waals surface area contributed by atoms with Crippen LogP contribution in [0.2, 0.25) is 0 Å². The second kappa shape index (κ2) is 14.1. The van der Waals surface area contributed by atoms with E-state index in [1.807, 2.05) is 0 Å². The third-order valence-corrected chi connectivity index (χ3v) is 7.74. The van der Waals surface area contributed by atoms with Crippen molar-refractivity contribution >= 4 is 0 Å². The van der Waals surface area contributed by atoms with Gasteiger partial charge in [-0.25, -0.2) is 0 Å². The summed E-state index contributed by atoms with van der Waals surface area (Å²) >= 11 is 0. The van der Waals surface area contributed by atoms with E-state index in [0.717, 1.165) is 101 Å². The lowest BCUT2D eigenvalue weighted by molar-refractivity contribution is 0.108. The van der Waals surface area contributed by atoms with Gasteiger partial charge in [0.1, 0.15) is 11.5 Å². The molecule has 4 rings (SSSR count). The summed E-state index contributed by atoms with van der Waals surface area (Å²) in [5, 5.41) is 18.8. The molecule has 2 aromatic rings. The first-order chi connectivity index (χ1) is 18.0. The SMILES string of the molecule is Cc1c(OCCCN2CCN(CCO)CC2)cccc1-c1cccc(OCCCN2CCC(O)C2)c1C. The molecule has 0 amide bonds. The Balaban J connectivity index is 1.27. The molecule has 7 nitrogen and oxygen atoms in total. The lowest BCUT2D eigenvalue weighted by Gasteiger charge is -2.34. The van der Waals surface area contributed by atoms with Crippen LogP contribution in [0, 0.1) is 13.8 Å². The van der Waals surface area contributed by atoms with E-state index >= 15 is 0 Å². The van der Waals surface area contributed by atoms with Gasteiger partial charge in [0.2, 0.25) is 0 Å². The molecule has 37 heavy (non-hydrogen) atoms. The molecule has 0 bridgehead atoms. The highest BCUT2D eigenvalue weighted by atomic mass is 16.5. The first-order valence-corrected chi connectivity index (χ1v) is 14.0. The smallest absolute Gasteiger partial charge is 0.122 e. The van der Waals surface area contributed by atoms with E-state index in [1.165, 1.54) is 11.1 Å². The Hall–Kier alpha value is -2.16. The molecule has 204 valence electrons. The number of hydrogen-bond acceptors (Lipinski definition) is 7. The number of nitrogens with zero attached hydrogens (tertiary/aromatic N) is 3. The Morgan fingerprint density at radius 1 is 0.730 bits per heavy atom. The summed E-state index contributed by atoms with van der Waals surface area (Å²) < 4.78 is 12.4. The van der Waals surface area contributed by atoms with Crippen molar-refractivity contribution in [3.63, 3.8) is 0 Å². The molecule has 2 heterocycles. The number of aliphatic hydroxyl groups is 2. The average Bonchev–Trinajstić information content (AvgIpc) is 3.32. The molecular formula is C30H45N3O4. The lowest BCUT2D eigenvalue weighted by atomic mass is 9.95. The molecule has 2 aliphatic heterocycles. The standard InChI is InChI=1S/C30H45N3O4/c1-24-27(7-3-9-29(24)36-21-5-12-31-15-17-32(18-16-31)19-20-34)28-8-4-10-30(25(28)2)37-22-6-13-33-14-11-26(35)23-33/h3-4,7-10,26,34-35H,5-6,11-23H2,1-2H3. The number of ether oxygens (including phenoxy) is 2. The van der Waals surface area contributed by atoms with E-state index < -0.39 is 0 Å². The molecule has 0 spiro atoms. The first kappa shape index (κ1) is 27.9. The van der Waals surface area contributed by atoms with Gasteiger partial charge in [-0.15, -0.1) is 0 Å². The maximum Gasteiger partial charge on any atom is 0.122 e. The van der Waals surface area contributed by atoms with Crippen LogP contribution in [0.15, 0.2) is 36.4 Å². The van der Waals surface area contributed by atoms with Crippen LogP contribution in [-0.4, -0.2) is 110 Å². The van der Waals surface area contributed by atoms with Gasteiger partial charge in [0, 0.05) is 58.9 Å². The van der Waals surface area contributed by atoms with E-state index in [9.17, 15) is 5.11 Å². The van der Waals surface area contributed by atoms with Crippen LogP contribution in [-0.2, 0) is 0 Å². The molecule has 1 unspecified atom stereocenters. The van der Waals surface area contributed by atoms with Crippen molar-refractivity contribution in [2.45, 2.75) is 39.2 Å². The van der Waals surface area contributed by atoms with Crippen LogP contribution in [0.5, 0.6) is 11.5 Å². The van der Waals surface area contributed by atoms with Gasteiger partial charge in [-0.05, 0) is 67.5 Å². The Kier molecular flexibility index (Phi) is 10.6. The third-order valence-electron chi connectivity index (χ3n) is 7.74. The minimum Gasteiger partial charge on any atom is -0.493 e. The second-order valence-electron chi connectivity index (χ2n) is 10.4. The van der Waals surface area contributed by atoms with Crippen molar-refractivity contribution in [3.05, 3.63) is 47.5 Å². The number of rotatable bonds is 13. The number of likely N-dealkylation sites (tertiary alicyclic amines) is 1. The van der Waals surface area contributed by atoms with Crippen molar-refractivity contribution in [2.24, 2.45) is 0 Å². The van der Waals surface area contributed by atoms with E-state index in [2.05, 4.69) is 64.9 Å². The minimum absolute atomic E-state index is 0.165. The van der Waals surface area contributed by atoms with Crippen molar-refractivity contribution in [1.29, 1.82) is 0 Å². The Labute approximate surface area is 222 Å². The van der Waals surface area contributed by atoms with E-state index in [1.54, 1.807) is 0 Å². The molecule has 2 N–H and O–H groups in total. The van der Waals surface area contributed by atoms with Crippen molar-refractivity contribution in [1.82, 2.24) is 14.7 Å². The summed E-state index contributed by atoms with van der Waals surface area (Å²) in [6, 6.07) is 12.6. The highest BCUT2D eigenvalue weighted by molar-refractivity contribution is 5.74. The predicted octanol–water partition coefficient (Wildman–Crippen LogP) is 3.18. The van der Waals surface area contributed by atoms with Gasteiger partial charge in [0.25, 0.3) is 0 Å². The van der Waals surface area contributed by atoms with Crippen molar-refractivity contribution in [2.75, 3.05) is 78.7 Å². The number of aliphatic hydroxyl groups excluding tert-OH is 2. The molecular weight excluding hydrogens is 466 g/mol. The topological polar surface area (TPSA) is 68.6 Å². The number of β-amino-alcohol motifs (C(OH)–C–C–N with tert-alkyl or cyclic N) is 2. The zero-order chi connectivity index (χ0) is 26.0. The highest BCUT2D eigenvalue weighted by Gasteiger charge is 2.19. The van der Waals surface area contributed by atoms with Gasteiger partial charge in [0.15, 0.2) is 0 Å². The van der Waals surface area contributed by atoms with E-state index in [0.29, 0.717) is 13.2 Å². The monoisotopic (exact) mass is 511 g/mol. The Bertz CT molecular complexity index is 977. The van der Waals surface area contributed by atoms with Gasteiger partial charge in [-0.2, -0.15) is 0 Å². The highest BCUT2D eigenvalue weighted by Crippen LogP contribution is 2.35. The van der Waals surface area contributed by atoms with Gasteiger partial charge >= 0.3 is 0 Å². The zero-order valence-corrected chi connectivity index (χ0v) is 22.7. The largest absolute Gasteiger partial charge is 0.493 e. The van der Waals surface area contributed by atoms with Crippen LogP contribution in [0.1, 0.15) is 30.4 Å². The summed E-state index contributed by atoms with van der Waals surface area (Å²) in [6.45, 7) is 14.7. The predicted molar refractivity (Wildman–Crippen MR) is 149 cm³/mol. The fraction of sp³-hybridized carbons (Fsp3) is 0.600. The van der Waals surface area contributed by atoms with Gasteiger partial charge in [0.05, 0.1) is 25.9 Å². The number of benzene rings is 2. The number of piperazine rings is 1. The van der Waals surface area contributed by atoms with Gasteiger partial charge in [-0.3, -0.25) is 4.90 Å². The zero-order valence-electron chi connectivity index (χ0n) is 22.7. The normalized spacial score (nSPS) is 19.4. The molecule has 0 saturated carbocycles. The summed E-state index contributed by atoms with van der Waals surface area (Å²) in [4.78, 5) is 7.12. The molecule has 2 aliphatic rings. The fourth-order valence-electron chi connectivity index (χ4n) is 5.46. The fourth-order valence-corrected chi connectivity index (χ4v) is 5.46. The average molecular weight is 512 g/mol. The second-order valence-corrected chi connectivity index (χ2v) is 10.4. The maximum atomic E-state index is 9.70. The number of hydrogen-bond donors (Lipinski definition) is 2. The summed E-state index contributed by atoms with van der Waals surface area (Å²) in [7, 11) is 0. The molecule has 2 fully saturated rings. The summed E-state index contributed by atoms with van der Waals surface area (Å²) in [6.07, 6.45) is 2.68. The molecule has 2 aromatic carbocycles. The molecule has 0 aromatic heterocycles. The Morgan fingerprint density at radius 3 is 1.73 bits per heavy atom. The lowest BCUT2D eigenvalue weighted by Crippen LogP contribution is -2.47. The van der Waals surface area contributed by atoms with Gasteiger partial charge in [-0.1, -0.05) is 24.3 Å². The minimum atomic E-state index is -0.165. The third kappa shape index (κ3) is 7.91. The van der Waals surface area contributed by atoms with E-state index in [-0.39, 0.29) is 12.7 Å².